The lowest BCUT2D eigenvalue weighted by atomic mass is 10.3. The van der Waals surface area contributed by atoms with Crippen molar-refractivity contribution in [2.75, 3.05) is 19.0 Å². The minimum atomic E-state index is -4.02. The molecule has 6 nitrogen and oxygen atoms in total. The van der Waals surface area contributed by atoms with Crippen LogP contribution in [0.1, 0.15) is 0 Å². The van der Waals surface area contributed by atoms with Gasteiger partial charge in [0.05, 0.1) is 4.90 Å². The minimum absolute atomic E-state index is 0.00363. The molecule has 0 aliphatic heterocycles. The molecule has 0 aliphatic carbocycles. The summed E-state index contributed by atoms with van der Waals surface area (Å²) in [4.78, 5) is 10.7. The number of ether oxygens (including phenoxy) is 1. The lowest BCUT2D eigenvalue weighted by molar-refractivity contribution is -0.119. The van der Waals surface area contributed by atoms with E-state index in [0.29, 0.717) is 0 Å². The Morgan fingerprint density at radius 1 is 1.47 bits per heavy atom. The van der Waals surface area contributed by atoms with Crippen LogP contribution in [0.4, 0.5) is 10.1 Å². The van der Waals surface area contributed by atoms with Gasteiger partial charge in [-0.3, -0.25) is 4.79 Å². The summed E-state index contributed by atoms with van der Waals surface area (Å²) in [6, 6.07) is 2.80. The third-order valence-electron chi connectivity index (χ3n) is 1.76. The molecule has 1 amide bonds. The molecule has 8 heteroatoms. The van der Waals surface area contributed by atoms with Crippen LogP contribution in [0.15, 0.2) is 23.1 Å². The number of hydrogen-bond acceptors (Lipinski definition) is 4. The number of carbonyl (C=O) groups is 1. The van der Waals surface area contributed by atoms with E-state index in [1.807, 2.05) is 0 Å². The van der Waals surface area contributed by atoms with Gasteiger partial charge in [0, 0.05) is 12.8 Å². The predicted octanol–water partition coefficient (Wildman–Crippen LogP) is 0.0580. The largest absolute Gasteiger partial charge is 0.375 e. The second kappa shape index (κ2) is 5.21. The zero-order valence-corrected chi connectivity index (χ0v) is 9.75. The summed E-state index contributed by atoms with van der Waals surface area (Å²) >= 11 is 0. The number of nitrogens with two attached hydrogens (primary N) is 1. The van der Waals surface area contributed by atoms with Crippen LogP contribution in [-0.2, 0) is 19.6 Å². The van der Waals surface area contributed by atoms with E-state index in [1.165, 1.54) is 7.11 Å². The normalized spacial score (nSPS) is 11.2. The minimum Gasteiger partial charge on any atom is -0.375 e. The topological polar surface area (TPSA) is 98.5 Å². The molecule has 0 heterocycles. The average molecular weight is 262 g/mol. The molecule has 17 heavy (non-hydrogen) atoms. The van der Waals surface area contributed by atoms with Gasteiger partial charge in [0.15, 0.2) is 0 Å². The fourth-order valence-corrected chi connectivity index (χ4v) is 1.70. The zero-order valence-electron chi connectivity index (χ0n) is 8.94. The molecule has 0 spiro atoms. The summed E-state index contributed by atoms with van der Waals surface area (Å²) in [5.74, 6) is -1.34. The Balaban J connectivity index is 3.02. The van der Waals surface area contributed by atoms with Gasteiger partial charge in [-0.15, -0.1) is 0 Å². The van der Waals surface area contributed by atoms with E-state index in [2.05, 4.69) is 10.1 Å². The molecule has 3 N–H and O–H groups in total. The van der Waals surface area contributed by atoms with E-state index in [-0.39, 0.29) is 12.3 Å². The molecule has 0 bridgehead atoms. The molecule has 0 fully saturated rings. The molecular weight excluding hydrogens is 251 g/mol. The molecule has 94 valence electrons. The van der Waals surface area contributed by atoms with Crippen molar-refractivity contribution in [3.8, 4) is 0 Å². The Bertz CT molecular complexity index is 530. The number of sulfonamides is 1. The maximum Gasteiger partial charge on any atom is 0.250 e. The van der Waals surface area contributed by atoms with Gasteiger partial charge in [-0.25, -0.2) is 17.9 Å². The molecule has 1 aromatic carbocycles. The number of halogens is 1. The lowest BCUT2D eigenvalue weighted by Crippen LogP contribution is -2.18. The molecule has 1 aromatic rings. The summed E-state index contributed by atoms with van der Waals surface area (Å²) in [7, 11) is -2.70. The van der Waals surface area contributed by atoms with Crippen molar-refractivity contribution in [3.63, 3.8) is 0 Å². The van der Waals surface area contributed by atoms with E-state index in [0.717, 1.165) is 18.2 Å². The molecule has 0 aromatic heterocycles. The van der Waals surface area contributed by atoms with Crippen molar-refractivity contribution >= 4 is 21.6 Å². The Labute approximate surface area is 97.6 Å². The first-order valence-electron chi connectivity index (χ1n) is 4.45. The van der Waals surface area contributed by atoms with Gasteiger partial charge < -0.3 is 10.1 Å². The first-order valence-corrected chi connectivity index (χ1v) is 6.00. The highest BCUT2D eigenvalue weighted by Gasteiger charge is 2.12. The third kappa shape index (κ3) is 4.10. The Morgan fingerprint density at radius 2 is 2.12 bits per heavy atom. The SMILES string of the molecule is COCC(=O)Nc1cc(F)cc(S(N)(=O)=O)c1. The number of benzene rings is 1. The van der Waals surface area contributed by atoms with Crippen molar-refractivity contribution in [3.05, 3.63) is 24.0 Å². The van der Waals surface area contributed by atoms with E-state index >= 15 is 0 Å². The van der Waals surface area contributed by atoms with Gasteiger partial charge in [0.2, 0.25) is 15.9 Å². The fourth-order valence-electron chi connectivity index (χ4n) is 1.13. The Hall–Kier alpha value is -1.51. The summed E-state index contributed by atoms with van der Waals surface area (Å²) in [6.07, 6.45) is 0. The van der Waals surface area contributed by atoms with E-state index in [9.17, 15) is 17.6 Å². The highest BCUT2D eigenvalue weighted by atomic mass is 32.2. The second-order valence-corrected chi connectivity index (χ2v) is 4.76. The van der Waals surface area contributed by atoms with Crippen molar-refractivity contribution in [1.82, 2.24) is 0 Å². The Morgan fingerprint density at radius 3 is 2.65 bits per heavy atom. The van der Waals surface area contributed by atoms with Crippen LogP contribution < -0.4 is 10.5 Å². The highest BCUT2D eigenvalue weighted by Crippen LogP contribution is 2.17. The van der Waals surface area contributed by atoms with Crippen LogP contribution in [0.3, 0.4) is 0 Å². The second-order valence-electron chi connectivity index (χ2n) is 3.20. The van der Waals surface area contributed by atoms with Gasteiger partial charge in [0.1, 0.15) is 12.4 Å². The number of anilines is 1. The summed E-state index contributed by atoms with van der Waals surface area (Å²) in [5, 5.41) is 7.12. The van der Waals surface area contributed by atoms with Gasteiger partial charge in [-0.2, -0.15) is 0 Å². The summed E-state index contributed by atoms with van der Waals surface area (Å²) in [5.41, 5.74) is -0.00363. The maximum absolute atomic E-state index is 13.1. The van der Waals surface area contributed by atoms with Crippen LogP contribution in [0.5, 0.6) is 0 Å². The predicted molar refractivity (Wildman–Crippen MR) is 58.3 cm³/mol. The van der Waals surface area contributed by atoms with E-state index in [1.54, 1.807) is 0 Å². The number of primary sulfonamides is 1. The number of carbonyl (C=O) groups excluding carboxylic acids is 1. The van der Waals surface area contributed by atoms with Crippen molar-refractivity contribution in [1.29, 1.82) is 0 Å². The van der Waals surface area contributed by atoms with E-state index in [4.69, 9.17) is 5.14 Å². The summed E-state index contributed by atoms with van der Waals surface area (Å²) in [6.45, 7) is -0.221. The smallest absolute Gasteiger partial charge is 0.250 e. The van der Waals surface area contributed by atoms with E-state index < -0.39 is 26.6 Å². The molecule has 1 rings (SSSR count). The third-order valence-corrected chi connectivity index (χ3v) is 2.65. The number of amides is 1. The van der Waals surface area contributed by atoms with Gasteiger partial charge >= 0.3 is 0 Å². The molecule has 0 saturated heterocycles. The number of nitrogens with one attached hydrogen (secondary N) is 1. The number of rotatable bonds is 4. The highest BCUT2D eigenvalue weighted by molar-refractivity contribution is 7.89. The van der Waals surface area contributed by atoms with Gasteiger partial charge in [0.25, 0.3) is 0 Å². The van der Waals surface area contributed by atoms with Crippen LogP contribution in [0, 0.1) is 5.82 Å². The Kier molecular flexibility index (Phi) is 4.16. The van der Waals surface area contributed by atoms with Crippen LogP contribution in [-0.4, -0.2) is 28.0 Å². The quantitative estimate of drug-likeness (QED) is 0.801. The fraction of sp³-hybridized carbons (Fsp3) is 0.222. The van der Waals surface area contributed by atoms with Crippen LogP contribution in [0.25, 0.3) is 0 Å². The molecule has 0 saturated carbocycles. The average Bonchev–Trinajstić information content (AvgIpc) is 2.15. The molecule has 0 atom stereocenters. The molecule has 0 aliphatic rings. The van der Waals surface area contributed by atoms with Crippen molar-refractivity contribution in [2.24, 2.45) is 5.14 Å². The summed E-state index contributed by atoms with van der Waals surface area (Å²) < 4.78 is 39.7. The standard InChI is InChI=1S/C9H11FN2O4S/c1-16-5-9(13)12-7-2-6(10)3-8(4-7)17(11,14)15/h2-4H,5H2,1H3,(H,12,13)(H2,11,14,15). The molecule has 0 radical (unpaired) electrons. The number of hydrogen-bond donors (Lipinski definition) is 2. The van der Waals surface area contributed by atoms with Crippen LogP contribution in [0.2, 0.25) is 0 Å². The molecule has 0 unspecified atom stereocenters. The van der Waals surface area contributed by atoms with Gasteiger partial charge in [-0.1, -0.05) is 0 Å². The maximum atomic E-state index is 13.1. The van der Waals surface area contributed by atoms with Crippen molar-refractivity contribution < 1.29 is 22.3 Å². The monoisotopic (exact) mass is 262 g/mol. The number of methoxy groups -OCH3 is 1. The zero-order chi connectivity index (χ0) is 13.1. The van der Waals surface area contributed by atoms with Crippen LogP contribution >= 0.6 is 0 Å². The molecular formula is C9H11FN2O4S. The first kappa shape index (κ1) is 13.6. The lowest BCUT2D eigenvalue weighted by Gasteiger charge is -2.06. The van der Waals surface area contributed by atoms with Crippen molar-refractivity contribution in [2.45, 2.75) is 4.90 Å². The first-order chi connectivity index (χ1) is 7.82. The van der Waals surface area contributed by atoms with Gasteiger partial charge in [-0.05, 0) is 18.2 Å².